The van der Waals surface area contributed by atoms with Gasteiger partial charge in [0.05, 0.1) is 0 Å². The van der Waals surface area contributed by atoms with Gasteiger partial charge in [-0.2, -0.15) is 0 Å². The minimum absolute atomic E-state index is 0.401. The van der Waals surface area contributed by atoms with Gasteiger partial charge in [-0.15, -0.1) is 10.2 Å². The van der Waals surface area contributed by atoms with Gasteiger partial charge in [0.25, 0.3) is 0 Å². The molecule has 132 valence electrons. The van der Waals surface area contributed by atoms with E-state index >= 15 is 0 Å². The highest BCUT2D eigenvalue weighted by molar-refractivity contribution is 8.03. The van der Waals surface area contributed by atoms with Crippen LogP contribution in [0.15, 0.2) is 51.2 Å². The summed E-state index contributed by atoms with van der Waals surface area (Å²) in [5, 5.41) is 12.4. The van der Waals surface area contributed by atoms with Crippen LogP contribution in [0.5, 0.6) is 0 Å². The van der Waals surface area contributed by atoms with Crippen molar-refractivity contribution >= 4 is 46.8 Å². The van der Waals surface area contributed by atoms with Gasteiger partial charge in [0, 0.05) is 12.8 Å². The van der Waals surface area contributed by atoms with E-state index < -0.39 is 17.2 Å². The highest BCUT2D eigenvalue weighted by Gasteiger charge is 2.25. The molecule has 2 rings (SSSR count). The topological polar surface area (TPSA) is 84.0 Å². The number of thioether (sulfide) groups is 2. The lowest BCUT2D eigenvalue weighted by Gasteiger charge is -2.14. The van der Waals surface area contributed by atoms with Gasteiger partial charge in [-0.05, 0) is 12.5 Å². The fraction of sp³-hybridized carbons (Fsp3) is 0.250. The normalized spacial score (nSPS) is 11.6. The number of hydrogen-bond donors (Lipinski definition) is 2. The van der Waals surface area contributed by atoms with Crippen molar-refractivity contribution in [3.63, 3.8) is 0 Å². The molecule has 0 aliphatic heterocycles. The first-order valence-corrected chi connectivity index (χ1v) is 10.0. The van der Waals surface area contributed by atoms with E-state index in [-0.39, 0.29) is 0 Å². The number of urea groups is 1. The Morgan fingerprint density at radius 1 is 1.24 bits per heavy atom. The van der Waals surface area contributed by atoms with Crippen molar-refractivity contribution in [2.24, 2.45) is 0 Å². The number of carbonyl (C=O) groups excluding carboxylic acids is 2. The number of carbonyl (C=O) groups is 2. The average Bonchev–Trinajstić information content (AvgIpc) is 3.06. The van der Waals surface area contributed by atoms with Gasteiger partial charge in [-0.25, -0.2) is 4.79 Å². The van der Waals surface area contributed by atoms with Crippen molar-refractivity contribution in [3.05, 3.63) is 48.0 Å². The summed E-state index contributed by atoms with van der Waals surface area (Å²) in [5.41, 5.74) is 1.85. The fourth-order valence-corrected chi connectivity index (χ4v) is 4.78. The van der Waals surface area contributed by atoms with Crippen LogP contribution in [-0.4, -0.2) is 34.9 Å². The number of amides is 3. The molecule has 0 unspecified atom stereocenters. The fourth-order valence-electron chi connectivity index (χ4n) is 1.73. The second kappa shape index (κ2) is 9.59. The van der Waals surface area contributed by atoms with Crippen molar-refractivity contribution in [2.45, 2.75) is 20.9 Å². The summed E-state index contributed by atoms with van der Waals surface area (Å²) in [6.45, 7) is 5.82. The van der Waals surface area contributed by atoms with E-state index in [0.29, 0.717) is 4.34 Å². The third-order valence-electron chi connectivity index (χ3n) is 2.85. The van der Waals surface area contributed by atoms with E-state index in [1.54, 1.807) is 11.8 Å². The van der Waals surface area contributed by atoms with Crippen LogP contribution in [0.2, 0.25) is 0 Å². The highest BCUT2D eigenvalue weighted by Crippen LogP contribution is 2.38. The Bertz CT molecular complexity index is 749. The van der Waals surface area contributed by atoms with Crippen LogP contribution >= 0.6 is 34.9 Å². The van der Waals surface area contributed by atoms with E-state index in [2.05, 4.69) is 27.4 Å². The maximum atomic E-state index is 12.5. The lowest BCUT2D eigenvalue weighted by molar-refractivity contribution is -0.119. The number of rotatable bonds is 7. The standard InChI is InChI=1S/C16H18N4O2S3/c1-10(2)9-23-15-19-20-16(25-15)24-12(11-7-5-4-6-8-11)13(21)18-14(22)17-3/h4-8,12H,1,9H2,2-3H3,(H2,17,18,21,22)/t12-/m1/s1. The molecule has 0 bridgehead atoms. The van der Waals surface area contributed by atoms with Crippen molar-refractivity contribution in [3.8, 4) is 0 Å². The van der Waals surface area contributed by atoms with Crippen LogP contribution in [-0.2, 0) is 4.79 Å². The van der Waals surface area contributed by atoms with E-state index in [9.17, 15) is 9.59 Å². The van der Waals surface area contributed by atoms with Gasteiger partial charge >= 0.3 is 6.03 Å². The lowest BCUT2D eigenvalue weighted by atomic mass is 10.1. The largest absolute Gasteiger partial charge is 0.341 e. The molecule has 0 spiro atoms. The third-order valence-corrected chi connectivity index (χ3v) is 6.48. The molecule has 25 heavy (non-hydrogen) atoms. The predicted molar refractivity (Wildman–Crippen MR) is 103 cm³/mol. The Labute approximate surface area is 158 Å². The van der Waals surface area contributed by atoms with Gasteiger partial charge in [0.2, 0.25) is 5.91 Å². The summed E-state index contributed by atoms with van der Waals surface area (Å²) >= 11 is 4.26. The van der Waals surface area contributed by atoms with Crippen molar-refractivity contribution < 1.29 is 9.59 Å². The Balaban J connectivity index is 2.14. The number of benzene rings is 1. The predicted octanol–water partition coefficient (Wildman–Crippen LogP) is 3.50. The lowest BCUT2D eigenvalue weighted by Crippen LogP contribution is -2.39. The average molecular weight is 395 g/mol. The van der Waals surface area contributed by atoms with E-state index in [4.69, 9.17) is 0 Å². The second-order valence-corrected chi connectivity index (χ2v) is 8.61. The molecule has 0 radical (unpaired) electrons. The van der Waals surface area contributed by atoms with Crippen LogP contribution in [0, 0.1) is 0 Å². The number of aromatic nitrogens is 2. The van der Waals surface area contributed by atoms with Crippen LogP contribution in [0.1, 0.15) is 17.7 Å². The number of nitrogens with one attached hydrogen (secondary N) is 2. The number of imide groups is 1. The molecule has 1 heterocycles. The molecule has 0 aliphatic carbocycles. The van der Waals surface area contributed by atoms with E-state index in [1.807, 2.05) is 37.3 Å². The van der Waals surface area contributed by atoms with Crippen LogP contribution in [0.3, 0.4) is 0 Å². The smallest absolute Gasteiger partial charge is 0.321 e. The minimum Gasteiger partial charge on any atom is -0.341 e. The van der Waals surface area contributed by atoms with Gasteiger partial charge < -0.3 is 5.32 Å². The maximum absolute atomic E-state index is 12.5. The zero-order valence-electron chi connectivity index (χ0n) is 13.8. The maximum Gasteiger partial charge on any atom is 0.321 e. The second-order valence-electron chi connectivity index (χ2n) is 5.06. The zero-order valence-corrected chi connectivity index (χ0v) is 16.3. The van der Waals surface area contributed by atoms with E-state index in [1.165, 1.54) is 30.1 Å². The molecule has 9 heteroatoms. The molecule has 0 aliphatic rings. The molecule has 0 saturated carbocycles. The molecule has 2 aromatic rings. The van der Waals surface area contributed by atoms with Crippen LogP contribution in [0.4, 0.5) is 4.79 Å². The molecule has 6 nitrogen and oxygen atoms in total. The molecular formula is C16H18N4O2S3. The van der Waals surface area contributed by atoms with Crippen molar-refractivity contribution in [2.75, 3.05) is 12.8 Å². The van der Waals surface area contributed by atoms with Gasteiger partial charge in [-0.1, -0.05) is 77.3 Å². The summed E-state index contributed by atoms with van der Waals surface area (Å²) in [7, 11) is 1.46. The first kappa shape index (κ1) is 19.5. The first-order chi connectivity index (χ1) is 12.0. The summed E-state index contributed by atoms with van der Waals surface area (Å²) in [5.74, 6) is 0.375. The molecule has 0 saturated heterocycles. The molecule has 1 aromatic heterocycles. The molecular weight excluding hydrogens is 376 g/mol. The minimum atomic E-state index is -0.592. The first-order valence-electron chi connectivity index (χ1n) is 7.34. The Morgan fingerprint density at radius 2 is 1.92 bits per heavy atom. The summed E-state index contributed by atoms with van der Waals surface area (Å²) < 4.78 is 1.49. The van der Waals surface area contributed by atoms with E-state index in [0.717, 1.165) is 21.2 Å². The van der Waals surface area contributed by atoms with Gasteiger partial charge in [0.1, 0.15) is 5.25 Å². The summed E-state index contributed by atoms with van der Waals surface area (Å²) in [4.78, 5) is 24.0. The molecule has 1 aromatic carbocycles. The number of nitrogens with zero attached hydrogens (tertiary/aromatic N) is 2. The Hall–Kier alpha value is -1.84. The molecule has 3 amide bonds. The number of hydrogen-bond acceptors (Lipinski definition) is 7. The van der Waals surface area contributed by atoms with Gasteiger partial charge in [0.15, 0.2) is 8.68 Å². The SMILES string of the molecule is C=C(C)CSc1nnc(S[C@@H](C(=O)NC(=O)NC)c2ccccc2)s1. The Morgan fingerprint density at radius 3 is 2.56 bits per heavy atom. The van der Waals surface area contributed by atoms with Crippen molar-refractivity contribution in [1.29, 1.82) is 0 Å². The van der Waals surface area contributed by atoms with Gasteiger partial charge in [-0.3, -0.25) is 10.1 Å². The van der Waals surface area contributed by atoms with Crippen LogP contribution < -0.4 is 10.6 Å². The summed E-state index contributed by atoms with van der Waals surface area (Å²) in [6.07, 6.45) is 0. The monoisotopic (exact) mass is 394 g/mol. The molecule has 2 N–H and O–H groups in total. The van der Waals surface area contributed by atoms with Crippen molar-refractivity contribution in [1.82, 2.24) is 20.8 Å². The quantitative estimate of drug-likeness (QED) is 0.552. The highest BCUT2D eigenvalue weighted by atomic mass is 32.2. The Kier molecular flexibility index (Phi) is 7.48. The zero-order chi connectivity index (χ0) is 18.2. The molecule has 1 atom stereocenters. The molecule has 0 fully saturated rings. The summed E-state index contributed by atoms with van der Waals surface area (Å²) in [6, 6.07) is 8.73. The van der Waals surface area contributed by atoms with Crippen LogP contribution in [0.25, 0.3) is 0 Å². The third kappa shape index (κ3) is 6.18.